The lowest BCUT2D eigenvalue weighted by atomic mass is 10.2. The number of carbonyl (C=O) groups excluding carboxylic acids is 1. The van der Waals surface area contributed by atoms with E-state index in [1.165, 1.54) is 17.5 Å². The Balaban J connectivity index is 2.09. The fourth-order valence-corrected chi connectivity index (χ4v) is 1.88. The van der Waals surface area contributed by atoms with Crippen LogP contribution in [0.15, 0.2) is 23.7 Å². The van der Waals surface area contributed by atoms with Gasteiger partial charge in [-0.1, -0.05) is 0 Å². The summed E-state index contributed by atoms with van der Waals surface area (Å²) >= 11 is 1.38. The quantitative estimate of drug-likeness (QED) is 0.564. The first-order valence-corrected chi connectivity index (χ1v) is 5.73. The molecule has 0 unspecified atom stereocenters. The second kappa shape index (κ2) is 4.89. The van der Waals surface area contributed by atoms with Gasteiger partial charge in [0.2, 0.25) is 0 Å². The highest BCUT2D eigenvalue weighted by atomic mass is 32.1. The van der Waals surface area contributed by atoms with Gasteiger partial charge in [0.15, 0.2) is 5.13 Å². The van der Waals surface area contributed by atoms with Crippen LogP contribution in [-0.4, -0.2) is 15.9 Å². The number of aromatic nitrogens is 2. The summed E-state index contributed by atoms with van der Waals surface area (Å²) in [6, 6.07) is 3.26. The fraction of sp³-hybridized carbons (Fsp3) is 0.100. The number of hydrogen-bond acceptors (Lipinski definition) is 6. The summed E-state index contributed by atoms with van der Waals surface area (Å²) < 4.78 is 0. The van der Waals surface area contributed by atoms with Crippen molar-refractivity contribution >= 4 is 28.2 Å². The molecule has 0 aliphatic carbocycles. The van der Waals surface area contributed by atoms with Crippen LogP contribution in [0.2, 0.25) is 0 Å². The summed E-state index contributed by atoms with van der Waals surface area (Å²) in [4.78, 5) is 19.9. The summed E-state index contributed by atoms with van der Waals surface area (Å²) in [6.45, 7) is 1.87. The summed E-state index contributed by atoms with van der Waals surface area (Å²) in [7, 11) is 0. The van der Waals surface area contributed by atoms with Gasteiger partial charge in [-0.25, -0.2) is 15.8 Å². The first-order valence-electron chi connectivity index (χ1n) is 4.85. The molecule has 2 aromatic rings. The monoisotopic (exact) mass is 249 g/mol. The van der Waals surface area contributed by atoms with Gasteiger partial charge in [0.1, 0.15) is 5.82 Å². The van der Waals surface area contributed by atoms with Crippen LogP contribution in [0.5, 0.6) is 0 Å². The predicted molar refractivity (Wildman–Crippen MR) is 66.9 cm³/mol. The number of carbonyl (C=O) groups is 1. The van der Waals surface area contributed by atoms with Crippen LogP contribution in [0.1, 0.15) is 16.1 Å². The molecule has 6 nitrogen and oxygen atoms in total. The number of aryl methyl sites for hydroxylation is 1. The van der Waals surface area contributed by atoms with Gasteiger partial charge in [-0.05, 0) is 19.1 Å². The van der Waals surface area contributed by atoms with E-state index in [0.717, 1.165) is 5.69 Å². The van der Waals surface area contributed by atoms with Crippen molar-refractivity contribution in [1.29, 1.82) is 0 Å². The van der Waals surface area contributed by atoms with E-state index in [0.29, 0.717) is 16.5 Å². The minimum absolute atomic E-state index is 0.240. The molecule has 2 aromatic heterocycles. The molecular weight excluding hydrogens is 238 g/mol. The second-order valence-corrected chi connectivity index (χ2v) is 4.18. The summed E-state index contributed by atoms with van der Waals surface area (Å²) in [5, 5.41) is 5.14. The molecule has 2 heterocycles. The Bertz CT molecular complexity index is 522. The molecule has 0 aromatic carbocycles. The maximum absolute atomic E-state index is 11.8. The van der Waals surface area contributed by atoms with Crippen LogP contribution in [0.3, 0.4) is 0 Å². The highest BCUT2D eigenvalue weighted by Crippen LogP contribution is 2.15. The van der Waals surface area contributed by atoms with Gasteiger partial charge in [-0.15, -0.1) is 11.3 Å². The standard InChI is InChI=1S/C10H11N5OS/c1-6-5-17-10(13-6)14-9(16)7-2-3-8(15-11)12-4-7/h2-5H,11H2,1H3,(H,12,15)(H,13,14,16). The third-order valence-electron chi connectivity index (χ3n) is 2.01. The van der Waals surface area contributed by atoms with Crippen molar-refractivity contribution in [1.82, 2.24) is 9.97 Å². The van der Waals surface area contributed by atoms with Crippen molar-refractivity contribution in [2.24, 2.45) is 5.84 Å². The minimum Gasteiger partial charge on any atom is -0.308 e. The third kappa shape index (κ3) is 2.77. The van der Waals surface area contributed by atoms with E-state index in [2.05, 4.69) is 20.7 Å². The lowest BCUT2D eigenvalue weighted by Gasteiger charge is -2.02. The van der Waals surface area contributed by atoms with Crippen molar-refractivity contribution in [3.63, 3.8) is 0 Å². The van der Waals surface area contributed by atoms with E-state index in [1.54, 1.807) is 12.1 Å². The molecule has 2 rings (SSSR count). The lowest BCUT2D eigenvalue weighted by molar-refractivity contribution is 0.102. The van der Waals surface area contributed by atoms with Gasteiger partial charge in [0.25, 0.3) is 5.91 Å². The number of nitrogens with zero attached hydrogens (tertiary/aromatic N) is 2. The van der Waals surface area contributed by atoms with Crippen LogP contribution in [0, 0.1) is 6.92 Å². The number of nitrogens with two attached hydrogens (primary N) is 1. The molecule has 88 valence electrons. The van der Waals surface area contributed by atoms with Gasteiger partial charge in [-0.3, -0.25) is 10.1 Å². The number of pyridine rings is 1. The molecular formula is C10H11N5OS. The summed E-state index contributed by atoms with van der Waals surface area (Å²) in [5.41, 5.74) is 3.73. The molecule has 7 heteroatoms. The highest BCUT2D eigenvalue weighted by Gasteiger charge is 2.08. The van der Waals surface area contributed by atoms with Gasteiger partial charge in [-0.2, -0.15) is 0 Å². The number of nitrogens with one attached hydrogen (secondary N) is 2. The van der Waals surface area contributed by atoms with Crippen LogP contribution in [0.4, 0.5) is 10.9 Å². The molecule has 0 bridgehead atoms. The van der Waals surface area contributed by atoms with Crippen molar-refractivity contribution < 1.29 is 4.79 Å². The number of rotatable bonds is 3. The predicted octanol–water partition coefficient (Wildman–Crippen LogP) is 1.38. The number of hydrazine groups is 1. The zero-order valence-electron chi connectivity index (χ0n) is 9.10. The molecule has 0 atom stereocenters. The molecule has 0 spiro atoms. The maximum atomic E-state index is 11.8. The molecule has 4 N–H and O–H groups in total. The van der Waals surface area contributed by atoms with E-state index in [-0.39, 0.29) is 5.91 Å². The van der Waals surface area contributed by atoms with Gasteiger partial charge in [0.05, 0.1) is 11.3 Å². The summed E-state index contributed by atoms with van der Waals surface area (Å²) in [6.07, 6.45) is 1.45. The topological polar surface area (TPSA) is 92.9 Å². The highest BCUT2D eigenvalue weighted by molar-refractivity contribution is 7.13. The number of amides is 1. The Morgan fingerprint density at radius 3 is 2.82 bits per heavy atom. The molecule has 0 aliphatic heterocycles. The first-order chi connectivity index (χ1) is 8.19. The zero-order valence-corrected chi connectivity index (χ0v) is 9.91. The molecule has 0 saturated carbocycles. The Labute approximate surface area is 102 Å². The number of hydrogen-bond donors (Lipinski definition) is 3. The normalized spacial score (nSPS) is 10.0. The molecule has 0 radical (unpaired) electrons. The second-order valence-electron chi connectivity index (χ2n) is 3.32. The Morgan fingerprint density at radius 2 is 2.29 bits per heavy atom. The van der Waals surface area contributed by atoms with Crippen molar-refractivity contribution in [2.75, 3.05) is 10.7 Å². The smallest absolute Gasteiger partial charge is 0.259 e. The maximum Gasteiger partial charge on any atom is 0.259 e. The first kappa shape index (κ1) is 11.5. The summed E-state index contributed by atoms with van der Waals surface area (Å²) in [5.74, 6) is 5.45. The van der Waals surface area contributed by atoms with E-state index in [4.69, 9.17) is 5.84 Å². The average Bonchev–Trinajstić information content (AvgIpc) is 2.75. The van der Waals surface area contributed by atoms with E-state index < -0.39 is 0 Å². The lowest BCUT2D eigenvalue weighted by Crippen LogP contribution is -2.13. The average molecular weight is 249 g/mol. The number of anilines is 2. The minimum atomic E-state index is -0.240. The number of nitrogen functional groups attached to an aromatic ring is 1. The number of thiazole rings is 1. The van der Waals surface area contributed by atoms with Crippen LogP contribution < -0.4 is 16.6 Å². The van der Waals surface area contributed by atoms with Crippen molar-refractivity contribution in [2.45, 2.75) is 6.92 Å². The zero-order chi connectivity index (χ0) is 12.3. The Morgan fingerprint density at radius 1 is 1.47 bits per heavy atom. The van der Waals surface area contributed by atoms with E-state index in [1.807, 2.05) is 12.3 Å². The molecule has 0 fully saturated rings. The largest absolute Gasteiger partial charge is 0.308 e. The van der Waals surface area contributed by atoms with E-state index in [9.17, 15) is 4.79 Å². The van der Waals surface area contributed by atoms with Crippen molar-refractivity contribution in [3.8, 4) is 0 Å². The molecule has 0 aliphatic rings. The van der Waals surface area contributed by atoms with Crippen molar-refractivity contribution in [3.05, 3.63) is 35.0 Å². The van der Waals surface area contributed by atoms with Crippen LogP contribution in [0.25, 0.3) is 0 Å². The fourth-order valence-electron chi connectivity index (χ4n) is 1.19. The van der Waals surface area contributed by atoms with E-state index >= 15 is 0 Å². The van der Waals surface area contributed by atoms with Gasteiger partial charge < -0.3 is 5.43 Å². The van der Waals surface area contributed by atoms with Crippen LogP contribution in [-0.2, 0) is 0 Å². The van der Waals surface area contributed by atoms with Crippen LogP contribution >= 0.6 is 11.3 Å². The molecule has 0 saturated heterocycles. The molecule has 1 amide bonds. The Hall–Kier alpha value is -1.99. The Kier molecular flexibility index (Phi) is 3.31. The third-order valence-corrected chi connectivity index (χ3v) is 2.89. The molecule has 17 heavy (non-hydrogen) atoms. The van der Waals surface area contributed by atoms with Gasteiger partial charge in [0, 0.05) is 11.6 Å². The SMILES string of the molecule is Cc1csc(NC(=O)c2ccc(NN)nc2)n1. The van der Waals surface area contributed by atoms with Gasteiger partial charge >= 0.3 is 0 Å².